The summed E-state index contributed by atoms with van der Waals surface area (Å²) in [5.41, 5.74) is 1.04. The van der Waals surface area contributed by atoms with E-state index in [4.69, 9.17) is 14.2 Å². The summed E-state index contributed by atoms with van der Waals surface area (Å²) in [4.78, 5) is 21.4. The van der Waals surface area contributed by atoms with Crippen LogP contribution >= 0.6 is 0 Å². The van der Waals surface area contributed by atoms with E-state index in [9.17, 15) is 17.6 Å². The minimum atomic E-state index is -4.26. The van der Waals surface area contributed by atoms with Crippen molar-refractivity contribution in [2.75, 3.05) is 20.3 Å². The molecule has 0 aliphatic heterocycles. The molecule has 1 atom stereocenters. The molecule has 1 aromatic carbocycles. The minimum Gasteiger partial charge on any atom is -0.493 e. The molecule has 0 bridgehead atoms. The number of sulfonamides is 1. The van der Waals surface area contributed by atoms with E-state index in [2.05, 4.69) is 9.97 Å². The molecule has 1 N–H and O–H groups in total. The fraction of sp³-hybridized carbons (Fsp3) is 0.346. The summed E-state index contributed by atoms with van der Waals surface area (Å²) >= 11 is 0. The number of halogens is 1. The van der Waals surface area contributed by atoms with Crippen molar-refractivity contribution >= 4 is 15.9 Å². The quantitative estimate of drug-likeness (QED) is 0.392. The largest absolute Gasteiger partial charge is 0.493 e. The third kappa shape index (κ3) is 7.70. The summed E-state index contributed by atoms with van der Waals surface area (Å²) in [6.45, 7) is 7.89. The Labute approximate surface area is 216 Å². The zero-order valence-electron chi connectivity index (χ0n) is 21.3. The van der Waals surface area contributed by atoms with Gasteiger partial charge in [0, 0.05) is 24.4 Å². The molecule has 3 rings (SSSR count). The molecule has 2 aromatic heterocycles. The lowest BCUT2D eigenvalue weighted by Gasteiger charge is -2.17. The molecule has 37 heavy (non-hydrogen) atoms. The molecule has 0 aliphatic rings. The molecule has 3 aromatic rings. The number of rotatable bonds is 11. The molecule has 0 radical (unpaired) electrons. The molecular formula is C26H30FN3O6S. The van der Waals surface area contributed by atoms with Crippen molar-refractivity contribution in [1.82, 2.24) is 14.7 Å². The fourth-order valence-electron chi connectivity index (χ4n) is 3.28. The SMILES string of the molecule is COC[C@@H](C)Oc1nc(-c2cc(F)cc(OCC(C)C)c2)ccc1C(=O)NS(=O)(=O)c1cccc(C)n1. The standard InChI is InChI=1S/C26H30FN3O6S/c1-16(2)14-35-21-12-19(11-20(27)13-21)23-10-9-22(26(29-23)36-18(4)15-34-5)25(31)30-37(32,33)24-8-6-7-17(3)28-24/h6-13,16,18H,14-15H2,1-5H3,(H,30,31)/t18-/m1/s1. The Morgan fingerprint density at radius 2 is 1.81 bits per heavy atom. The number of nitrogens with one attached hydrogen (secondary N) is 1. The molecule has 198 valence electrons. The molecule has 11 heteroatoms. The maximum atomic E-state index is 14.3. The number of nitrogens with zero attached hydrogens (tertiary/aromatic N) is 2. The average molecular weight is 532 g/mol. The number of hydrogen-bond acceptors (Lipinski definition) is 8. The number of carbonyl (C=O) groups is 1. The molecule has 1 amide bonds. The van der Waals surface area contributed by atoms with Gasteiger partial charge < -0.3 is 14.2 Å². The lowest BCUT2D eigenvalue weighted by molar-refractivity contribution is 0.0855. The van der Waals surface area contributed by atoms with Gasteiger partial charge in [0.2, 0.25) is 5.88 Å². The zero-order chi connectivity index (χ0) is 27.2. The Kier molecular flexibility index (Phi) is 9.17. The Bertz CT molecular complexity index is 1360. The number of aryl methyl sites for hydroxylation is 1. The smallest absolute Gasteiger partial charge is 0.281 e. The highest BCUT2D eigenvalue weighted by Crippen LogP contribution is 2.28. The van der Waals surface area contributed by atoms with Crippen LogP contribution in [-0.4, -0.2) is 50.7 Å². The van der Waals surface area contributed by atoms with Gasteiger partial charge in [-0.05, 0) is 56.2 Å². The van der Waals surface area contributed by atoms with E-state index in [-0.39, 0.29) is 29.0 Å². The van der Waals surface area contributed by atoms with Gasteiger partial charge in [0.05, 0.1) is 18.9 Å². The van der Waals surface area contributed by atoms with Crippen molar-refractivity contribution in [3.8, 4) is 22.9 Å². The number of ether oxygens (including phenoxy) is 3. The summed E-state index contributed by atoms with van der Waals surface area (Å²) in [5.74, 6) is -1.04. The second kappa shape index (κ2) is 12.1. The molecular weight excluding hydrogens is 501 g/mol. The van der Waals surface area contributed by atoms with Gasteiger partial charge in [0.1, 0.15) is 23.2 Å². The Balaban J connectivity index is 1.98. The Morgan fingerprint density at radius 3 is 2.49 bits per heavy atom. The third-order valence-electron chi connectivity index (χ3n) is 4.93. The van der Waals surface area contributed by atoms with Gasteiger partial charge in [0.25, 0.3) is 15.9 Å². The number of methoxy groups -OCH3 is 1. The van der Waals surface area contributed by atoms with Crippen molar-refractivity contribution in [2.24, 2.45) is 5.92 Å². The third-order valence-corrected chi connectivity index (χ3v) is 6.17. The Hall–Kier alpha value is -3.57. The Morgan fingerprint density at radius 1 is 1.05 bits per heavy atom. The van der Waals surface area contributed by atoms with Gasteiger partial charge in [-0.25, -0.2) is 19.1 Å². The van der Waals surface area contributed by atoms with Gasteiger partial charge in [-0.3, -0.25) is 4.79 Å². The summed E-state index contributed by atoms with van der Waals surface area (Å²) in [6.07, 6.45) is -0.521. The highest BCUT2D eigenvalue weighted by molar-refractivity contribution is 7.90. The van der Waals surface area contributed by atoms with Gasteiger partial charge in [-0.15, -0.1) is 0 Å². The lowest BCUT2D eigenvalue weighted by atomic mass is 10.1. The van der Waals surface area contributed by atoms with Crippen LogP contribution in [-0.2, 0) is 14.8 Å². The van der Waals surface area contributed by atoms with Crippen LogP contribution in [0.5, 0.6) is 11.6 Å². The van der Waals surface area contributed by atoms with Crippen molar-refractivity contribution in [2.45, 2.75) is 38.8 Å². The van der Waals surface area contributed by atoms with Crippen LogP contribution in [0.4, 0.5) is 4.39 Å². The van der Waals surface area contributed by atoms with Crippen LogP contribution in [0.3, 0.4) is 0 Å². The van der Waals surface area contributed by atoms with Crippen LogP contribution < -0.4 is 14.2 Å². The number of pyridine rings is 2. The van der Waals surface area contributed by atoms with E-state index in [0.717, 1.165) is 0 Å². The molecule has 0 saturated heterocycles. The van der Waals surface area contributed by atoms with Crippen molar-refractivity contribution in [3.63, 3.8) is 0 Å². The van der Waals surface area contributed by atoms with E-state index in [1.807, 2.05) is 18.6 Å². The monoisotopic (exact) mass is 531 g/mol. The second-order valence-corrected chi connectivity index (χ2v) is 10.5. The van der Waals surface area contributed by atoms with E-state index >= 15 is 0 Å². The summed E-state index contributed by atoms with van der Waals surface area (Å²) in [5, 5.41) is -0.297. The first-order valence-electron chi connectivity index (χ1n) is 11.6. The van der Waals surface area contributed by atoms with Crippen LogP contribution in [0.15, 0.2) is 53.6 Å². The number of hydrogen-bond donors (Lipinski definition) is 1. The number of aromatic nitrogens is 2. The van der Waals surface area contributed by atoms with Crippen molar-refractivity contribution in [1.29, 1.82) is 0 Å². The minimum absolute atomic E-state index is 0.129. The highest BCUT2D eigenvalue weighted by Gasteiger charge is 2.24. The van der Waals surface area contributed by atoms with Crippen molar-refractivity contribution in [3.05, 3.63) is 65.6 Å². The average Bonchev–Trinajstić information content (AvgIpc) is 2.82. The number of amides is 1. The molecule has 0 spiro atoms. The first-order valence-corrected chi connectivity index (χ1v) is 13.1. The molecule has 0 fully saturated rings. The van der Waals surface area contributed by atoms with Crippen molar-refractivity contribution < 1.29 is 31.8 Å². The highest BCUT2D eigenvalue weighted by atomic mass is 32.2. The van der Waals surface area contributed by atoms with E-state index < -0.39 is 27.9 Å². The van der Waals surface area contributed by atoms with E-state index in [1.165, 1.54) is 43.5 Å². The van der Waals surface area contributed by atoms with Crippen LogP contribution in [0.1, 0.15) is 36.8 Å². The maximum Gasteiger partial charge on any atom is 0.281 e. The number of benzene rings is 1. The van der Waals surface area contributed by atoms with E-state index in [1.54, 1.807) is 26.0 Å². The topological polar surface area (TPSA) is 117 Å². The normalized spacial score (nSPS) is 12.3. The number of carbonyl (C=O) groups excluding carboxylic acids is 1. The predicted octanol–water partition coefficient (Wildman–Crippen LogP) is 4.16. The van der Waals surface area contributed by atoms with E-state index in [0.29, 0.717) is 29.3 Å². The molecule has 0 saturated carbocycles. The first kappa shape index (κ1) is 28.0. The lowest BCUT2D eigenvalue weighted by Crippen LogP contribution is -2.32. The summed E-state index contributed by atoms with van der Waals surface area (Å²) in [7, 11) is -2.77. The molecule has 0 aliphatic carbocycles. The second-order valence-electron chi connectivity index (χ2n) is 8.87. The summed E-state index contributed by atoms with van der Waals surface area (Å²) in [6, 6.07) is 11.5. The predicted molar refractivity (Wildman–Crippen MR) is 136 cm³/mol. The molecule has 0 unspecified atom stereocenters. The maximum absolute atomic E-state index is 14.3. The van der Waals surface area contributed by atoms with Crippen LogP contribution in [0, 0.1) is 18.7 Å². The van der Waals surface area contributed by atoms with Gasteiger partial charge in [-0.1, -0.05) is 19.9 Å². The first-order chi connectivity index (χ1) is 17.5. The zero-order valence-corrected chi connectivity index (χ0v) is 22.1. The molecule has 9 nitrogen and oxygen atoms in total. The van der Waals surface area contributed by atoms with Gasteiger partial charge in [-0.2, -0.15) is 8.42 Å². The van der Waals surface area contributed by atoms with Crippen LogP contribution in [0.25, 0.3) is 11.3 Å². The fourth-order valence-corrected chi connectivity index (χ4v) is 4.26. The van der Waals surface area contributed by atoms with Crippen LogP contribution in [0.2, 0.25) is 0 Å². The van der Waals surface area contributed by atoms with Gasteiger partial charge in [0.15, 0.2) is 5.03 Å². The van der Waals surface area contributed by atoms with Gasteiger partial charge >= 0.3 is 0 Å². The summed E-state index contributed by atoms with van der Waals surface area (Å²) < 4.78 is 58.4. The molecule has 2 heterocycles.